The van der Waals surface area contributed by atoms with Crippen molar-refractivity contribution < 1.29 is 13.2 Å². The smallest absolute Gasteiger partial charge is 0.241 e. The molecule has 0 fully saturated rings. The van der Waals surface area contributed by atoms with Crippen LogP contribution in [-0.2, 0) is 16.6 Å². The van der Waals surface area contributed by atoms with Crippen LogP contribution in [0, 0.1) is 0 Å². The van der Waals surface area contributed by atoms with Crippen LogP contribution in [0.2, 0.25) is 0 Å². The fourth-order valence-electron chi connectivity index (χ4n) is 2.71. The lowest BCUT2D eigenvalue weighted by Gasteiger charge is -2.16. The van der Waals surface area contributed by atoms with Crippen molar-refractivity contribution in [2.75, 3.05) is 7.11 Å². The maximum atomic E-state index is 12.8. The van der Waals surface area contributed by atoms with Crippen LogP contribution in [0.5, 0.6) is 5.75 Å². The summed E-state index contributed by atoms with van der Waals surface area (Å²) in [5.41, 5.74) is 0. The number of hydrogen-bond acceptors (Lipinski definition) is 4. The number of sulfonamides is 1. The Morgan fingerprint density at radius 2 is 1.92 bits per heavy atom. The predicted octanol–water partition coefficient (Wildman–Crippen LogP) is 2.41. The van der Waals surface area contributed by atoms with Crippen molar-refractivity contribution in [1.82, 2.24) is 14.5 Å². The largest absolute Gasteiger partial charge is 0.496 e. The third-order valence-electron chi connectivity index (χ3n) is 3.73. The lowest BCUT2D eigenvalue weighted by molar-refractivity contribution is 0.419. The number of hydrogen-bond donors (Lipinski definition) is 1. The Labute approximate surface area is 141 Å². The minimum Gasteiger partial charge on any atom is -0.496 e. The molecule has 0 bridgehead atoms. The van der Waals surface area contributed by atoms with E-state index in [9.17, 15) is 8.42 Å². The molecular weight excluding hydrogens is 326 g/mol. The number of rotatable bonds is 6. The molecule has 24 heavy (non-hydrogen) atoms. The van der Waals surface area contributed by atoms with Crippen LogP contribution in [0.4, 0.5) is 0 Å². The Kier molecular flexibility index (Phi) is 4.55. The number of nitrogens with one attached hydrogen (secondary N) is 1. The molecule has 0 saturated carbocycles. The summed E-state index contributed by atoms with van der Waals surface area (Å²) in [5, 5.41) is 5.50. The topological polar surface area (TPSA) is 73.2 Å². The highest BCUT2D eigenvalue weighted by Gasteiger charge is 2.21. The van der Waals surface area contributed by atoms with Crippen LogP contribution >= 0.6 is 0 Å². The fourth-order valence-corrected chi connectivity index (χ4v) is 4.16. The first-order chi connectivity index (χ1) is 11.5. The van der Waals surface area contributed by atoms with Gasteiger partial charge in [-0.25, -0.2) is 13.1 Å². The normalized spacial score (nSPS) is 13.1. The second-order valence-electron chi connectivity index (χ2n) is 5.56. The van der Waals surface area contributed by atoms with Gasteiger partial charge < -0.3 is 4.74 Å². The van der Waals surface area contributed by atoms with E-state index in [1.165, 1.54) is 0 Å². The number of nitrogens with zero attached hydrogens (tertiary/aromatic N) is 2. The zero-order valence-electron chi connectivity index (χ0n) is 13.5. The van der Waals surface area contributed by atoms with Crippen LogP contribution in [0.3, 0.4) is 0 Å². The fraction of sp³-hybridized carbons (Fsp3) is 0.235. The minimum atomic E-state index is -3.66. The van der Waals surface area contributed by atoms with Gasteiger partial charge in [0.15, 0.2) is 0 Å². The summed E-state index contributed by atoms with van der Waals surface area (Å²) in [7, 11) is -2.09. The summed E-state index contributed by atoms with van der Waals surface area (Å²) >= 11 is 0. The van der Waals surface area contributed by atoms with Crippen molar-refractivity contribution in [2.45, 2.75) is 24.4 Å². The molecule has 3 aromatic rings. The standard InChI is InChI=1S/C17H19N3O3S/c1-13(12-20-11-5-10-18-20)19-24(21,22)17-9-8-16(23-2)14-6-3-4-7-15(14)17/h3-11,13,19H,12H2,1-2H3/t13-/m0/s1. The van der Waals surface area contributed by atoms with Crippen molar-refractivity contribution in [2.24, 2.45) is 0 Å². The lowest BCUT2D eigenvalue weighted by Crippen LogP contribution is -2.35. The molecule has 0 unspecified atom stereocenters. The molecule has 0 amide bonds. The summed E-state index contributed by atoms with van der Waals surface area (Å²) in [5.74, 6) is 0.647. The molecule has 1 N–H and O–H groups in total. The van der Waals surface area contributed by atoms with Crippen LogP contribution < -0.4 is 9.46 Å². The zero-order valence-corrected chi connectivity index (χ0v) is 14.3. The van der Waals surface area contributed by atoms with Gasteiger partial charge in [-0.15, -0.1) is 0 Å². The van der Waals surface area contributed by atoms with Gasteiger partial charge in [0.2, 0.25) is 10.0 Å². The molecule has 1 aromatic heterocycles. The Morgan fingerprint density at radius 3 is 2.58 bits per heavy atom. The van der Waals surface area contributed by atoms with Crippen molar-refractivity contribution in [3.8, 4) is 5.75 Å². The van der Waals surface area contributed by atoms with Crippen LogP contribution in [0.15, 0.2) is 59.8 Å². The first-order valence-electron chi connectivity index (χ1n) is 7.57. The van der Waals surface area contributed by atoms with E-state index in [0.29, 0.717) is 17.7 Å². The highest BCUT2D eigenvalue weighted by atomic mass is 32.2. The Balaban J connectivity index is 1.94. The van der Waals surface area contributed by atoms with Crippen LogP contribution in [-0.4, -0.2) is 31.3 Å². The highest BCUT2D eigenvalue weighted by molar-refractivity contribution is 7.89. The Morgan fingerprint density at radius 1 is 1.17 bits per heavy atom. The SMILES string of the molecule is COc1ccc(S(=O)(=O)N[C@@H](C)Cn2cccn2)c2ccccc12. The van der Waals surface area contributed by atoms with Gasteiger partial charge in [0.05, 0.1) is 18.6 Å². The van der Waals surface area contributed by atoms with Gasteiger partial charge >= 0.3 is 0 Å². The van der Waals surface area contributed by atoms with Gasteiger partial charge in [-0.3, -0.25) is 4.68 Å². The van der Waals surface area contributed by atoms with Gasteiger partial charge in [0.25, 0.3) is 0 Å². The number of aromatic nitrogens is 2. The third kappa shape index (κ3) is 3.27. The van der Waals surface area contributed by atoms with E-state index in [4.69, 9.17) is 4.74 Å². The van der Waals surface area contributed by atoms with Crippen molar-refractivity contribution in [3.63, 3.8) is 0 Å². The van der Waals surface area contributed by atoms with Gasteiger partial charge in [-0.05, 0) is 25.1 Å². The zero-order chi connectivity index (χ0) is 17.2. The molecule has 3 rings (SSSR count). The molecule has 2 aromatic carbocycles. The average Bonchev–Trinajstić information content (AvgIpc) is 3.05. The van der Waals surface area contributed by atoms with E-state index in [1.807, 2.05) is 25.1 Å². The molecule has 0 aliphatic heterocycles. The number of methoxy groups -OCH3 is 1. The summed E-state index contributed by atoms with van der Waals surface area (Å²) in [6.45, 7) is 2.27. The molecule has 0 radical (unpaired) electrons. The monoisotopic (exact) mass is 345 g/mol. The molecule has 0 aliphatic rings. The second kappa shape index (κ2) is 6.62. The van der Waals surface area contributed by atoms with Gasteiger partial charge in [0, 0.05) is 29.2 Å². The van der Waals surface area contributed by atoms with Crippen molar-refractivity contribution in [1.29, 1.82) is 0 Å². The molecule has 6 nitrogen and oxygen atoms in total. The Hall–Kier alpha value is -2.38. The van der Waals surface area contributed by atoms with Crippen molar-refractivity contribution in [3.05, 3.63) is 54.9 Å². The summed E-state index contributed by atoms with van der Waals surface area (Å²) in [6, 6.07) is 12.1. The molecule has 0 aliphatic carbocycles. The lowest BCUT2D eigenvalue weighted by atomic mass is 10.1. The first-order valence-corrected chi connectivity index (χ1v) is 9.05. The average molecular weight is 345 g/mol. The van der Waals surface area contributed by atoms with E-state index >= 15 is 0 Å². The molecule has 0 saturated heterocycles. The quantitative estimate of drug-likeness (QED) is 0.745. The number of fused-ring (bicyclic) bond motifs is 1. The van der Waals surface area contributed by atoms with Crippen LogP contribution in [0.25, 0.3) is 10.8 Å². The minimum absolute atomic E-state index is 0.242. The molecule has 7 heteroatoms. The van der Waals surface area contributed by atoms with Gasteiger partial charge in [-0.1, -0.05) is 24.3 Å². The molecule has 1 heterocycles. The maximum absolute atomic E-state index is 12.8. The summed E-state index contributed by atoms with van der Waals surface area (Å²) in [6.07, 6.45) is 3.46. The highest BCUT2D eigenvalue weighted by Crippen LogP contribution is 2.30. The van der Waals surface area contributed by atoms with E-state index in [-0.39, 0.29) is 10.9 Å². The summed E-state index contributed by atoms with van der Waals surface area (Å²) < 4.78 is 35.3. The first kappa shape index (κ1) is 16.5. The molecule has 126 valence electrons. The van der Waals surface area contributed by atoms with E-state index in [2.05, 4.69) is 9.82 Å². The maximum Gasteiger partial charge on any atom is 0.241 e. The molecule has 1 atom stereocenters. The van der Waals surface area contributed by atoms with E-state index < -0.39 is 10.0 Å². The number of ether oxygens (including phenoxy) is 1. The van der Waals surface area contributed by atoms with Crippen molar-refractivity contribution >= 4 is 20.8 Å². The Bertz CT molecular complexity index is 937. The predicted molar refractivity (Wildman–Crippen MR) is 92.5 cm³/mol. The second-order valence-corrected chi connectivity index (χ2v) is 7.24. The molecule has 0 spiro atoms. The van der Waals surface area contributed by atoms with Crippen LogP contribution in [0.1, 0.15) is 6.92 Å². The third-order valence-corrected chi connectivity index (χ3v) is 5.38. The summed E-state index contributed by atoms with van der Waals surface area (Å²) in [4.78, 5) is 0.242. The van der Waals surface area contributed by atoms with Gasteiger partial charge in [-0.2, -0.15) is 5.10 Å². The molecular formula is C17H19N3O3S. The van der Waals surface area contributed by atoms with Gasteiger partial charge in [0.1, 0.15) is 5.75 Å². The van der Waals surface area contributed by atoms with E-state index in [1.54, 1.807) is 48.5 Å². The number of benzene rings is 2. The van der Waals surface area contributed by atoms with E-state index in [0.717, 1.165) is 5.39 Å².